The molecular formula is C14H15N4O2-. The largest absolute Gasteiger partial charge is 0.754 e. The van der Waals surface area contributed by atoms with Gasteiger partial charge in [0.1, 0.15) is 6.17 Å². The van der Waals surface area contributed by atoms with Gasteiger partial charge >= 0.3 is 0 Å². The first-order valence-electron chi connectivity index (χ1n) is 6.37. The van der Waals surface area contributed by atoms with Crippen LogP contribution in [0.2, 0.25) is 0 Å². The monoisotopic (exact) mass is 271 g/mol. The van der Waals surface area contributed by atoms with E-state index in [1.807, 2.05) is 27.0 Å². The summed E-state index contributed by atoms with van der Waals surface area (Å²) in [6.07, 6.45) is -0.730. The standard InChI is InChI=1S/C14H15N4O2/c1-8-12(9(2)17(3)16-8)13-15-11-7-5-4-6-10(11)14(19)18(13)20/h4-7,13,15H,1-3H3/q-1. The molecule has 2 aromatic rings. The third-order valence-electron chi connectivity index (χ3n) is 3.72. The zero-order valence-electron chi connectivity index (χ0n) is 11.5. The maximum absolute atomic E-state index is 12.3. The summed E-state index contributed by atoms with van der Waals surface area (Å²) in [7, 11) is 1.82. The number of hydrogen-bond acceptors (Lipinski definition) is 4. The molecule has 0 fully saturated rings. The molecule has 104 valence electrons. The molecule has 0 spiro atoms. The highest BCUT2D eigenvalue weighted by atomic mass is 16.5. The number of rotatable bonds is 1. The fraction of sp³-hybridized carbons (Fsp3) is 0.286. The number of anilines is 1. The van der Waals surface area contributed by atoms with Crippen LogP contribution in [0.15, 0.2) is 24.3 Å². The summed E-state index contributed by atoms with van der Waals surface area (Å²) in [5, 5.41) is 20.2. The molecule has 1 aromatic heterocycles. The van der Waals surface area contributed by atoms with Gasteiger partial charge in [-0.2, -0.15) is 5.10 Å². The third kappa shape index (κ3) is 1.69. The van der Waals surface area contributed by atoms with E-state index in [2.05, 4.69) is 10.4 Å². The van der Waals surface area contributed by atoms with E-state index >= 15 is 0 Å². The van der Waals surface area contributed by atoms with Crippen molar-refractivity contribution in [3.63, 3.8) is 0 Å². The van der Waals surface area contributed by atoms with Crippen LogP contribution in [0, 0.1) is 19.1 Å². The van der Waals surface area contributed by atoms with Crippen molar-refractivity contribution in [3.8, 4) is 0 Å². The lowest BCUT2D eigenvalue weighted by atomic mass is 10.0. The number of benzene rings is 1. The summed E-state index contributed by atoms with van der Waals surface area (Å²) >= 11 is 0. The molecule has 1 atom stereocenters. The van der Waals surface area contributed by atoms with Crippen molar-refractivity contribution in [2.24, 2.45) is 7.05 Å². The fourth-order valence-electron chi connectivity index (χ4n) is 2.61. The average Bonchev–Trinajstić information content (AvgIpc) is 2.68. The van der Waals surface area contributed by atoms with Crippen molar-refractivity contribution in [3.05, 3.63) is 52.0 Å². The zero-order valence-corrected chi connectivity index (χ0v) is 11.5. The Balaban J connectivity index is 2.11. The molecule has 20 heavy (non-hydrogen) atoms. The number of carbonyl (C=O) groups excluding carboxylic acids is 1. The van der Waals surface area contributed by atoms with Crippen LogP contribution in [0.5, 0.6) is 0 Å². The molecule has 1 amide bonds. The summed E-state index contributed by atoms with van der Waals surface area (Å²) in [6.45, 7) is 3.72. The molecule has 1 aliphatic rings. The second-order valence-electron chi connectivity index (χ2n) is 4.93. The lowest BCUT2D eigenvalue weighted by molar-refractivity contribution is 0.0771. The first-order valence-corrected chi connectivity index (χ1v) is 6.37. The van der Waals surface area contributed by atoms with E-state index in [0.29, 0.717) is 16.3 Å². The second-order valence-corrected chi connectivity index (χ2v) is 4.93. The summed E-state index contributed by atoms with van der Waals surface area (Å²) in [5.74, 6) is -0.521. The number of amides is 1. The number of hydrogen-bond donors (Lipinski definition) is 1. The molecule has 0 radical (unpaired) electrons. The van der Waals surface area contributed by atoms with Crippen molar-refractivity contribution >= 4 is 11.6 Å². The fourth-order valence-corrected chi connectivity index (χ4v) is 2.61. The van der Waals surface area contributed by atoms with E-state index in [1.54, 1.807) is 22.9 Å². The lowest BCUT2D eigenvalue weighted by Crippen LogP contribution is -2.39. The van der Waals surface area contributed by atoms with Crippen molar-refractivity contribution in [1.29, 1.82) is 0 Å². The topological polar surface area (TPSA) is 73.2 Å². The Bertz CT molecular complexity index is 692. The Morgan fingerprint density at radius 2 is 2.00 bits per heavy atom. The lowest BCUT2D eigenvalue weighted by Gasteiger charge is -2.42. The van der Waals surface area contributed by atoms with E-state index in [1.165, 1.54) is 0 Å². The van der Waals surface area contributed by atoms with Gasteiger partial charge in [0, 0.05) is 24.0 Å². The van der Waals surface area contributed by atoms with Crippen molar-refractivity contribution < 1.29 is 4.79 Å². The Morgan fingerprint density at radius 1 is 1.30 bits per heavy atom. The van der Waals surface area contributed by atoms with Gasteiger partial charge < -0.3 is 15.6 Å². The number of nitrogens with one attached hydrogen (secondary N) is 1. The minimum absolute atomic E-state index is 0.401. The first-order chi connectivity index (χ1) is 9.50. The Hall–Kier alpha value is -2.34. The molecule has 0 bridgehead atoms. The van der Waals surface area contributed by atoms with Crippen LogP contribution in [-0.2, 0) is 7.05 Å². The minimum atomic E-state index is -0.730. The molecule has 6 heteroatoms. The molecule has 3 rings (SSSR count). The van der Waals surface area contributed by atoms with Gasteiger partial charge in [-0.25, -0.2) is 0 Å². The highest BCUT2D eigenvalue weighted by Crippen LogP contribution is 2.34. The zero-order chi connectivity index (χ0) is 14.4. The molecule has 0 aliphatic carbocycles. The Kier molecular flexibility index (Phi) is 2.76. The van der Waals surface area contributed by atoms with Crippen LogP contribution in [0.4, 0.5) is 5.69 Å². The van der Waals surface area contributed by atoms with Gasteiger partial charge in [-0.05, 0) is 26.0 Å². The maximum atomic E-state index is 12.3. The predicted molar refractivity (Wildman–Crippen MR) is 75.0 cm³/mol. The van der Waals surface area contributed by atoms with Gasteiger partial charge in [0.25, 0.3) is 0 Å². The first kappa shape index (κ1) is 12.7. The Morgan fingerprint density at radius 3 is 2.65 bits per heavy atom. The minimum Gasteiger partial charge on any atom is -0.754 e. The number of nitrogens with zero attached hydrogens (tertiary/aromatic N) is 3. The highest BCUT2D eigenvalue weighted by molar-refractivity contribution is 6.01. The molecule has 1 aromatic carbocycles. The quantitative estimate of drug-likeness (QED) is 0.862. The number of aromatic nitrogens is 2. The van der Waals surface area contributed by atoms with Gasteiger partial charge in [0.2, 0.25) is 5.91 Å². The third-order valence-corrected chi connectivity index (χ3v) is 3.72. The molecular weight excluding hydrogens is 256 g/mol. The summed E-state index contributed by atoms with van der Waals surface area (Å²) < 4.78 is 1.71. The van der Waals surface area contributed by atoms with Crippen LogP contribution in [0.3, 0.4) is 0 Å². The molecule has 1 aliphatic heterocycles. The smallest absolute Gasteiger partial charge is 0.247 e. The summed E-state index contributed by atoms with van der Waals surface area (Å²) in [6, 6.07) is 7.02. The molecule has 6 nitrogen and oxygen atoms in total. The van der Waals surface area contributed by atoms with Gasteiger partial charge in [-0.3, -0.25) is 9.48 Å². The number of fused-ring (bicyclic) bond motifs is 1. The number of hydroxylamine groups is 2. The molecule has 1 unspecified atom stereocenters. The van der Waals surface area contributed by atoms with E-state index in [4.69, 9.17) is 0 Å². The summed E-state index contributed by atoms with van der Waals surface area (Å²) in [5.41, 5.74) is 3.45. The highest BCUT2D eigenvalue weighted by Gasteiger charge is 2.30. The van der Waals surface area contributed by atoms with E-state index in [0.717, 1.165) is 17.0 Å². The number of para-hydroxylation sites is 1. The SMILES string of the molecule is Cc1nn(C)c(C)c1C1Nc2ccccc2C(=O)N1[O-]. The molecule has 0 saturated heterocycles. The van der Waals surface area contributed by atoms with Crippen molar-refractivity contribution in [1.82, 2.24) is 14.8 Å². The number of aryl methyl sites for hydroxylation is 2. The van der Waals surface area contributed by atoms with Crippen LogP contribution >= 0.6 is 0 Å². The van der Waals surface area contributed by atoms with Gasteiger partial charge in [-0.1, -0.05) is 12.1 Å². The van der Waals surface area contributed by atoms with Gasteiger partial charge in [0.15, 0.2) is 0 Å². The van der Waals surface area contributed by atoms with E-state index in [-0.39, 0.29) is 0 Å². The molecule has 2 heterocycles. The van der Waals surface area contributed by atoms with Crippen molar-refractivity contribution in [2.75, 3.05) is 5.32 Å². The molecule has 0 saturated carbocycles. The second kappa shape index (κ2) is 4.35. The Labute approximate surface area is 116 Å². The van der Waals surface area contributed by atoms with Crippen LogP contribution in [0.25, 0.3) is 0 Å². The molecule has 1 N–H and O–H groups in total. The van der Waals surface area contributed by atoms with Crippen LogP contribution in [-0.4, -0.2) is 20.8 Å². The van der Waals surface area contributed by atoms with Gasteiger partial charge in [0.05, 0.1) is 11.3 Å². The van der Waals surface area contributed by atoms with Crippen LogP contribution in [0.1, 0.15) is 33.5 Å². The average molecular weight is 271 g/mol. The normalized spacial score (nSPS) is 17.9. The predicted octanol–water partition coefficient (Wildman–Crippen LogP) is 2.10. The van der Waals surface area contributed by atoms with Crippen molar-refractivity contribution in [2.45, 2.75) is 20.0 Å². The van der Waals surface area contributed by atoms with E-state index < -0.39 is 12.1 Å². The summed E-state index contributed by atoms with van der Waals surface area (Å²) in [4.78, 5) is 12.2. The van der Waals surface area contributed by atoms with Gasteiger partial charge in [-0.15, -0.1) is 0 Å². The maximum Gasteiger partial charge on any atom is 0.247 e. The number of carbonyl (C=O) groups is 1. The van der Waals surface area contributed by atoms with Crippen LogP contribution < -0.4 is 5.32 Å². The van der Waals surface area contributed by atoms with E-state index in [9.17, 15) is 10.0 Å².